The van der Waals surface area contributed by atoms with Gasteiger partial charge in [0.25, 0.3) is 5.91 Å². The number of carbonyl (C=O) groups excluding carboxylic acids is 2. The number of methoxy groups -OCH3 is 1. The van der Waals surface area contributed by atoms with Crippen LogP contribution in [0.3, 0.4) is 0 Å². The number of nitrogens with one attached hydrogen (secondary N) is 3. The van der Waals surface area contributed by atoms with Crippen LogP contribution in [0.4, 0.5) is 5.69 Å². The minimum atomic E-state index is -3.78. The third-order valence-electron chi connectivity index (χ3n) is 5.83. The van der Waals surface area contributed by atoms with Gasteiger partial charge in [-0.15, -0.1) is 0 Å². The summed E-state index contributed by atoms with van der Waals surface area (Å²) in [7, 11) is -2.27. The van der Waals surface area contributed by atoms with Crippen LogP contribution in [0.5, 0.6) is 0 Å². The van der Waals surface area contributed by atoms with Crippen molar-refractivity contribution in [3.05, 3.63) is 60.2 Å². The van der Waals surface area contributed by atoms with Crippen molar-refractivity contribution in [2.45, 2.75) is 36.7 Å². The molecule has 0 radical (unpaired) electrons. The number of rotatable bonds is 12. The van der Waals surface area contributed by atoms with Crippen molar-refractivity contribution in [2.75, 3.05) is 51.9 Å². The summed E-state index contributed by atoms with van der Waals surface area (Å²) in [5.74, 6) is -0.800. The van der Waals surface area contributed by atoms with Gasteiger partial charge in [0.15, 0.2) is 0 Å². The Morgan fingerprint density at radius 2 is 1.70 bits per heavy atom. The third kappa shape index (κ3) is 8.90. The van der Waals surface area contributed by atoms with Gasteiger partial charge in [0.1, 0.15) is 6.04 Å². The van der Waals surface area contributed by atoms with E-state index in [9.17, 15) is 18.0 Å². The monoisotopic (exact) mass is 532 g/mol. The molecule has 37 heavy (non-hydrogen) atoms. The zero-order valence-electron chi connectivity index (χ0n) is 21.5. The maximum atomic E-state index is 13.0. The lowest BCUT2D eigenvalue weighted by molar-refractivity contribution is -0.118. The average molecular weight is 533 g/mol. The van der Waals surface area contributed by atoms with Crippen molar-refractivity contribution in [1.82, 2.24) is 14.9 Å². The van der Waals surface area contributed by atoms with Crippen LogP contribution >= 0.6 is 0 Å². The van der Waals surface area contributed by atoms with Crippen molar-refractivity contribution in [1.29, 1.82) is 0 Å². The van der Waals surface area contributed by atoms with Crippen molar-refractivity contribution in [3.63, 3.8) is 0 Å². The molecule has 3 rings (SSSR count). The second-order valence-corrected chi connectivity index (χ2v) is 11.2. The van der Waals surface area contributed by atoms with Gasteiger partial charge in [-0.2, -0.15) is 0 Å². The number of ether oxygens (including phenoxy) is 2. The first-order valence-corrected chi connectivity index (χ1v) is 13.7. The SMILES string of the molecule is COCCC(NC(=O)c1ccccc1)C(=O)Nc1ccc(S(=O)(=O)NC(C)(C)CN2CCOCC2)cc1. The molecule has 2 aromatic rings. The molecule has 1 fully saturated rings. The molecule has 1 aliphatic rings. The Morgan fingerprint density at radius 1 is 1.05 bits per heavy atom. The largest absolute Gasteiger partial charge is 0.385 e. The van der Waals surface area contributed by atoms with Crippen molar-refractivity contribution < 1.29 is 27.5 Å². The summed E-state index contributed by atoms with van der Waals surface area (Å²) in [5.41, 5.74) is 0.165. The van der Waals surface area contributed by atoms with E-state index in [0.717, 1.165) is 13.1 Å². The summed E-state index contributed by atoms with van der Waals surface area (Å²) in [6.45, 7) is 7.32. The summed E-state index contributed by atoms with van der Waals surface area (Å²) in [4.78, 5) is 27.7. The number of anilines is 1. The van der Waals surface area contributed by atoms with E-state index in [4.69, 9.17) is 9.47 Å². The van der Waals surface area contributed by atoms with Gasteiger partial charge in [0, 0.05) is 50.1 Å². The van der Waals surface area contributed by atoms with Crippen molar-refractivity contribution in [3.8, 4) is 0 Å². The van der Waals surface area contributed by atoms with E-state index in [0.29, 0.717) is 31.0 Å². The molecule has 0 spiro atoms. The Labute approximate surface area is 218 Å². The minimum absolute atomic E-state index is 0.0915. The van der Waals surface area contributed by atoms with Crippen LogP contribution in [0.2, 0.25) is 0 Å². The van der Waals surface area contributed by atoms with Crippen LogP contribution in [-0.4, -0.2) is 83.3 Å². The summed E-state index contributed by atoms with van der Waals surface area (Å²) in [6, 6.07) is 13.7. The van der Waals surface area contributed by atoms with E-state index < -0.39 is 27.5 Å². The molecule has 3 N–H and O–H groups in total. The molecule has 1 saturated heterocycles. The van der Waals surface area contributed by atoms with Gasteiger partial charge >= 0.3 is 0 Å². The van der Waals surface area contributed by atoms with Crippen molar-refractivity contribution >= 4 is 27.5 Å². The average Bonchev–Trinajstić information content (AvgIpc) is 2.86. The maximum Gasteiger partial charge on any atom is 0.251 e. The Hall–Kier alpha value is -2.83. The molecule has 202 valence electrons. The van der Waals surface area contributed by atoms with Gasteiger partial charge in [-0.1, -0.05) is 18.2 Å². The van der Waals surface area contributed by atoms with Crippen LogP contribution in [0.25, 0.3) is 0 Å². The van der Waals surface area contributed by atoms with Gasteiger partial charge in [0.05, 0.1) is 18.1 Å². The molecule has 0 saturated carbocycles. The fourth-order valence-electron chi connectivity index (χ4n) is 4.06. The van der Waals surface area contributed by atoms with Gasteiger partial charge in [-0.3, -0.25) is 14.5 Å². The van der Waals surface area contributed by atoms with Crippen LogP contribution in [0, 0.1) is 0 Å². The number of amides is 2. The Kier molecular flexibility index (Phi) is 10.2. The molecule has 1 atom stereocenters. The molecule has 0 aromatic heterocycles. The Balaban J connectivity index is 1.62. The molecule has 1 aliphatic heterocycles. The van der Waals surface area contributed by atoms with E-state index in [2.05, 4.69) is 20.3 Å². The highest BCUT2D eigenvalue weighted by Crippen LogP contribution is 2.18. The van der Waals surface area contributed by atoms with E-state index in [1.807, 2.05) is 13.8 Å². The second kappa shape index (κ2) is 13.1. The first-order valence-electron chi connectivity index (χ1n) is 12.2. The summed E-state index contributed by atoms with van der Waals surface area (Å²) < 4.78 is 39.2. The maximum absolute atomic E-state index is 13.0. The first kappa shape index (κ1) is 28.7. The molecule has 1 unspecified atom stereocenters. The van der Waals surface area contributed by atoms with Crippen molar-refractivity contribution in [2.24, 2.45) is 0 Å². The number of sulfonamides is 1. The van der Waals surface area contributed by atoms with E-state index in [1.165, 1.54) is 31.4 Å². The standard InChI is InChI=1S/C26H36N4O6S/c1-26(2,19-30-14-17-36-18-15-30)29-37(33,34)22-11-9-21(10-12-22)27-25(32)23(13-16-35-3)28-24(31)20-7-5-4-6-8-20/h4-12,23,29H,13-19H2,1-3H3,(H,27,32)(H,28,31). The lowest BCUT2D eigenvalue weighted by Gasteiger charge is -2.35. The van der Waals surface area contributed by atoms with Gasteiger partial charge in [0.2, 0.25) is 15.9 Å². The van der Waals surface area contributed by atoms with Gasteiger partial charge < -0.3 is 20.1 Å². The number of benzene rings is 2. The van der Waals surface area contributed by atoms with E-state index in [1.54, 1.807) is 30.3 Å². The molecular formula is C26H36N4O6S. The molecular weight excluding hydrogens is 496 g/mol. The highest BCUT2D eigenvalue weighted by Gasteiger charge is 2.29. The highest BCUT2D eigenvalue weighted by atomic mass is 32.2. The lowest BCUT2D eigenvalue weighted by atomic mass is 10.1. The minimum Gasteiger partial charge on any atom is -0.385 e. The lowest BCUT2D eigenvalue weighted by Crippen LogP contribution is -2.53. The molecule has 0 aliphatic carbocycles. The molecule has 2 aromatic carbocycles. The number of morpholine rings is 1. The van der Waals surface area contributed by atoms with Gasteiger partial charge in [-0.05, 0) is 56.7 Å². The van der Waals surface area contributed by atoms with Crippen LogP contribution in [0.1, 0.15) is 30.6 Å². The molecule has 1 heterocycles. The van der Waals surface area contributed by atoms with Crippen LogP contribution in [-0.2, 0) is 24.3 Å². The predicted molar refractivity (Wildman–Crippen MR) is 141 cm³/mol. The Bertz CT molecular complexity index is 1130. The summed E-state index contributed by atoms with van der Waals surface area (Å²) >= 11 is 0. The fourth-order valence-corrected chi connectivity index (χ4v) is 5.46. The summed E-state index contributed by atoms with van der Waals surface area (Å²) in [5, 5.41) is 5.48. The highest BCUT2D eigenvalue weighted by molar-refractivity contribution is 7.89. The number of hydrogen-bond donors (Lipinski definition) is 3. The second-order valence-electron chi connectivity index (χ2n) is 9.57. The van der Waals surface area contributed by atoms with E-state index in [-0.39, 0.29) is 23.8 Å². The molecule has 0 bridgehead atoms. The number of carbonyl (C=O) groups is 2. The zero-order chi connectivity index (χ0) is 26.9. The molecule has 11 heteroatoms. The molecule has 2 amide bonds. The predicted octanol–water partition coefficient (Wildman–Crippen LogP) is 1.85. The molecule has 10 nitrogen and oxygen atoms in total. The number of hydrogen-bond acceptors (Lipinski definition) is 7. The quantitative estimate of drug-likeness (QED) is 0.381. The zero-order valence-corrected chi connectivity index (χ0v) is 22.3. The van der Waals surface area contributed by atoms with Gasteiger partial charge in [-0.25, -0.2) is 13.1 Å². The smallest absolute Gasteiger partial charge is 0.251 e. The normalized spacial score (nSPS) is 15.6. The third-order valence-corrected chi connectivity index (χ3v) is 7.55. The van der Waals surface area contributed by atoms with Crippen LogP contribution < -0.4 is 15.4 Å². The number of nitrogens with zero attached hydrogens (tertiary/aromatic N) is 1. The van der Waals surface area contributed by atoms with E-state index >= 15 is 0 Å². The Morgan fingerprint density at radius 3 is 2.32 bits per heavy atom. The first-order chi connectivity index (χ1) is 17.6. The van der Waals surface area contributed by atoms with Crippen LogP contribution in [0.15, 0.2) is 59.5 Å². The summed E-state index contributed by atoms with van der Waals surface area (Å²) in [6.07, 6.45) is 0.273. The fraction of sp³-hybridized carbons (Fsp3) is 0.462. The topological polar surface area (TPSA) is 126 Å².